The highest BCUT2D eigenvalue weighted by Gasteiger charge is 2.12. The van der Waals surface area contributed by atoms with Crippen LogP contribution in [0, 0.1) is 10.1 Å². The van der Waals surface area contributed by atoms with Gasteiger partial charge in [0.25, 0.3) is 5.69 Å². The molecule has 2 aromatic carbocycles. The van der Waals surface area contributed by atoms with Gasteiger partial charge >= 0.3 is 0 Å². The lowest BCUT2D eigenvalue weighted by molar-refractivity contribution is -0.384. The Balaban J connectivity index is 2.04. The number of nitrogens with one attached hydrogen (secondary N) is 1. The normalized spacial score (nSPS) is 10.7. The average molecular weight is 268 g/mol. The van der Waals surface area contributed by atoms with Crippen LogP contribution in [0.15, 0.2) is 48.5 Å². The molecule has 0 bridgehead atoms. The van der Waals surface area contributed by atoms with Crippen LogP contribution in [0.4, 0.5) is 17.3 Å². The Hall–Kier alpha value is -2.89. The van der Waals surface area contributed by atoms with E-state index in [-0.39, 0.29) is 5.69 Å². The Morgan fingerprint density at radius 3 is 2.65 bits per heavy atom. The van der Waals surface area contributed by atoms with E-state index in [1.165, 1.54) is 12.1 Å². The average Bonchev–Trinajstić information content (AvgIpc) is 2.76. The highest BCUT2D eigenvalue weighted by molar-refractivity contribution is 5.81. The number of nitro groups is 1. The van der Waals surface area contributed by atoms with Crippen LogP contribution < -0.4 is 5.32 Å². The Morgan fingerprint density at radius 2 is 1.95 bits per heavy atom. The van der Waals surface area contributed by atoms with E-state index < -0.39 is 4.92 Å². The molecule has 3 rings (SSSR count). The number of anilines is 2. The second-order valence-electron chi connectivity index (χ2n) is 4.42. The number of nitrogens with zero attached hydrogens (tertiary/aromatic N) is 3. The number of para-hydroxylation sites is 1. The first-order chi connectivity index (χ1) is 9.65. The molecule has 3 aromatic rings. The SMILES string of the molecule is Cn1c(Nc2ccccc2)nc2cc([N+](=O)[O-])ccc21. The van der Waals surface area contributed by atoms with Crippen molar-refractivity contribution in [1.29, 1.82) is 0 Å². The summed E-state index contributed by atoms with van der Waals surface area (Å²) >= 11 is 0. The fraction of sp³-hybridized carbons (Fsp3) is 0.0714. The summed E-state index contributed by atoms with van der Waals surface area (Å²) in [6.45, 7) is 0. The van der Waals surface area contributed by atoms with E-state index in [1.807, 2.05) is 41.9 Å². The minimum atomic E-state index is -0.418. The van der Waals surface area contributed by atoms with Gasteiger partial charge in [-0.05, 0) is 18.2 Å². The maximum atomic E-state index is 10.8. The van der Waals surface area contributed by atoms with Gasteiger partial charge in [0.15, 0.2) is 0 Å². The highest BCUT2D eigenvalue weighted by atomic mass is 16.6. The van der Waals surface area contributed by atoms with E-state index >= 15 is 0 Å². The number of aromatic nitrogens is 2. The van der Waals surface area contributed by atoms with Crippen molar-refractivity contribution in [2.75, 3.05) is 5.32 Å². The molecule has 0 atom stereocenters. The van der Waals surface area contributed by atoms with Crippen LogP contribution in [0.5, 0.6) is 0 Å². The van der Waals surface area contributed by atoms with Gasteiger partial charge in [-0.25, -0.2) is 4.98 Å². The third-order valence-corrected chi connectivity index (χ3v) is 3.11. The molecule has 0 radical (unpaired) electrons. The summed E-state index contributed by atoms with van der Waals surface area (Å²) in [7, 11) is 1.87. The van der Waals surface area contributed by atoms with Gasteiger partial charge in [0, 0.05) is 24.9 Å². The zero-order valence-electron chi connectivity index (χ0n) is 10.8. The molecular weight excluding hydrogens is 256 g/mol. The molecule has 0 saturated carbocycles. The number of rotatable bonds is 3. The van der Waals surface area contributed by atoms with Gasteiger partial charge in [0.05, 0.1) is 16.0 Å². The third kappa shape index (κ3) is 2.07. The van der Waals surface area contributed by atoms with Gasteiger partial charge < -0.3 is 9.88 Å². The summed E-state index contributed by atoms with van der Waals surface area (Å²) in [5.41, 5.74) is 2.40. The van der Waals surface area contributed by atoms with Crippen molar-refractivity contribution >= 4 is 28.4 Å². The predicted octanol–water partition coefficient (Wildman–Crippen LogP) is 3.23. The number of non-ortho nitro benzene ring substituents is 1. The largest absolute Gasteiger partial charge is 0.326 e. The van der Waals surface area contributed by atoms with Gasteiger partial charge in [0.2, 0.25) is 5.95 Å². The Kier molecular flexibility index (Phi) is 2.83. The first-order valence-electron chi connectivity index (χ1n) is 6.08. The number of imidazole rings is 1. The van der Waals surface area contributed by atoms with Crippen molar-refractivity contribution in [2.45, 2.75) is 0 Å². The maximum Gasteiger partial charge on any atom is 0.271 e. The van der Waals surface area contributed by atoms with Gasteiger partial charge in [-0.1, -0.05) is 18.2 Å². The lowest BCUT2D eigenvalue weighted by Crippen LogP contribution is -1.98. The monoisotopic (exact) mass is 268 g/mol. The van der Waals surface area contributed by atoms with Crippen LogP contribution in [0.2, 0.25) is 0 Å². The maximum absolute atomic E-state index is 10.8. The molecule has 0 aliphatic carbocycles. The van der Waals surface area contributed by atoms with Crippen LogP contribution in [0.1, 0.15) is 0 Å². The molecule has 1 heterocycles. The number of benzene rings is 2. The lowest BCUT2D eigenvalue weighted by Gasteiger charge is -2.05. The van der Waals surface area contributed by atoms with Crippen molar-refractivity contribution in [3.8, 4) is 0 Å². The number of hydrogen-bond donors (Lipinski definition) is 1. The summed E-state index contributed by atoms with van der Waals surface area (Å²) < 4.78 is 1.87. The molecule has 0 aliphatic heterocycles. The standard InChI is InChI=1S/C14H12N4O2/c1-17-13-8-7-11(18(19)20)9-12(13)16-14(17)15-10-5-3-2-4-6-10/h2-9H,1H3,(H,15,16). The molecule has 20 heavy (non-hydrogen) atoms. The van der Waals surface area contributed by atoms with Crippen molar-refractivity contribution in [3.63, 3.8) is 0 Å². The second-order valence-corrected chi connectivity index (χ2v) is 4.42. The van der Waals surface area contributed by atoms with Crippen LogP contribution >= 0.6 is 0 Å². The molecule has 6 nitrogen and oxygen atoms in total. The minimum absolute atomic E-state index is 0.0434. The second kappa shape index (κ2) is 4.65. The number of hydrogen-bond acceptors (Lipinski definition) is 4. The number of aryl methyl sites for hydroxylation is 1. The van der Waals surface area contributed by atoms with Crippen molar-refractivity contribution < 1.29 is 4.92 Å². The summed E-state index contributed by atoms with van der Waals surface area (Å²) in [5.74, 6) is 0.645. The van der Waals surface area contributed by atoms with Gasteiger partial charge in [-0.15, -0.1) is 0 Å². The molecular formula is C14H12N4O2. The first kappa shape index (κ1) is 12.2. The molecule has 0 fully saturated rings. The molecule has 1 aromatic heterocycles. The molecule has 1 N–H and O–H groups in total. The molecule has 0 spiro atoms. The van der Waals surface area contributed by atoms with E-state index in [4.69, 9.17) is 0 Å². The predicted molar refractivity (Wildman–Crippen MR) is 77.1 cm³/mol. The van der Waals surface area contributed by atoms with Gasteiger partial charge in [-0.3, -0.25) is 10.1 Å². The van der Waals surface area contributed by atoms with Gasteiger partial charge in [0.1, 0.15) is 0 Å². The van der Waals surface area contributed by atoms with Crippen molar-refractivity contribution in [2.24, 2.45) is 7.05 Å². The van der Waals surface area contributed by atoms with Crippen molar-refractivity contribution in [3.05, 3.63) is 58.6 Å². The fourth-order valence-corrected chi connectivity index (χ4v) is 2.06. The van der Waals surface area contributed by atoms with Crippen LogP contribution in [0.3, 0.4) is 0 Å². The Morgan fingerprint density at radius 1 is 1.20 bits per heavy atom. The Labute approximate surface area is 114 Å². The number of nitro benzene ring substituents is 1. The van der Waals surface area contributed by atoms with Crippen LogP contribution in [-0.4, -0.2) is 14.5 Å². The molecule has 0 aliphatic rings. The summed E-state index contributed by atoms with van der Waals surface area (Å²) in [6, 6.07) is 14.3. The summed E-state index contributed by atoms with van der Waals surface area (Å²) in [5, 5.41) is 14.0. The topological polar surface area (TPSA) is 73.0 Å². The highest BCUT2D eigenvalue weighted by Crippen LogP contribution is 2.24. The first-order valence-corrected chi connectivity index (χ1v) is 6.08. The molecule has 0 amide bonds. The van der Waals surface area contributed by atoms with Crippen LogP contribution in [-0.2, 0) is 7.05 Å². The number of fused-ring (bicyclic) bond motifs is 1. The van der Waals surface area contributed by atoms with Crippen molar-refractivity contribution in [1.82, 2.24) is 9.55 Å². The molecule has 6 heteroatoms. The third-order valence-electron chi connectivity index (χ3n) is 3.11. The van der Waals surface area contributed by atoms with E-state index in [2.05, 4.69) is 10.3 Å². The van der Waals surface area contributed by atoms with E-state index in [0.29, 0.717) is 11.5 Å². The zero-order valence-corrected chi connectivity index (χ0v) is 10.8. The summed E-state index contributed by atoms with van der Waals surface area (Å²) in [4.78, 5) is 14.8. The van der Waals surface area contributed by atoms with Gasteiger partial charge in [-0.2, -0.15) is 0 Å². The molecule has 0 saturated heterocycles. The van der Waals surface area contributed by atoms with Crippen LogP contribution in [0.25, 0.3) is 11.0 Å². The molecule has 0 unspecified atom stereocenters. The molecule has 100 valence electrons. The van der Waals surface area contributed by atoms with E-state index in [1.54, 1.807) is 6.07 Å². The zero-order chi connectivity index (χ0) is 14.1. The van der Waals surface area contributed by atoms with E-state index in [9.17, 15) is 10.1 Å². The summed E-state index contributed by atoms with van der Waals surface area (Å²) in [6.07, 6.45) is 0. The smallest absolute Gasteiger partial charge is 0.271 e. The van der Waals surface area contributed by atoms with E-state index in [0.717, 1.165) is 11.2 Å². The minimum Gasteiger partial charge on any atom is -0.326 e. The quantitative estimate of drug-likeness (QED) is 0.584. The lowest BCUT2D eigenvalue weighted by atomic mass is 10.3. The fourth-order valence-electron chi connectivity index (χ4n) is 2.06. The Bertz CT molecular complexity index is 780.